The van der Waals surface area contributed by atoms with Crippen molar-refractivity contribution in [3.05, 3.63) is 34.6 Å². The lowest BCUT2D eigenvalue weighted by Crippen LogP contribution is -2.24. The van der Waals surface area contributed by atoms with E-state index in [0.29, 0.717) is 17.4 Å². The van der Waals surface area contributed by atoms with Crippen LogP contribution in [-0.2, 0) is 6.54 Å². The Labute approximate surface area is 106 Å². The zero-order valence-electron chi connectivity index (χ0n) is 9.35. The van der Waals surface area contributed by atoms with Gasteiger partial charge in [-0.2, -0.15) is 0 Å². The summed E-state index contributed by atoms with van der Waals surface area (Å²) in [4.78, 5) is 2.20. The Morgan fingerprint density at radius 1 is 1.38 bits per heavy atom. The molecule has 0 spiro atoms. The van der Waals surface area contributed by atoms with Crippen LogP contribution in [0.5, 0.6) is 0 Å². The second-order valence-electron chi connectivity index (χ2n) is 3.65. The molecule has 0 aromatic heterocycles. The molecule has 0 unspecified atom stereocenters. The lowest BCUT2D eigenvalue weighted by Gasteiger charge is -2.20. The maximum atomic E-state index is 13.1. The first-order valence-corrected chi connectivity index (χ1v) is 6.31. The molecule has 0 aliphatic carbocycles. The molecule has 0 aliphatic heterocycles. The van der Waals surface area contributed by atoms with Gasteiger partial charge in [0.05, 0.1) is 0 Å². The van der Waals surface area contributed by atoms with Crippen molar-refractivity contribution >= 4 is 23.2 Å². The summed E-state index contributed by atoms with van der Waals surface area (Å²) in [6.45, 7) is 4.56. The van der Waals surface area contributed by atoms with E-state index in [1.54, 1.807) is 6.07 Å². The minimum Gasteiger partial charge on any atom is -0.299 e. The van der Waals surface area contributed by atoms with Crippen LogP contribution in [0.25, 0.3) is 0 Å². The second-order valence-corrected chi connectivity index (χ2v) is 4.43. The van der Waals surface area contributed by atoms with Crippen LogP contribution in [0.3, 0.4) is 0 Å². The fraction of sp³-hybridized carbons (Fsp3) is 0.500. The summed E-state index contributed by atoms with van der Waals surface area (Å²) < 4.78 is 13.1. The van der Waals surface area contributed by atoms with Crippen LogP contribution in [0.4, 0.5) is 4.39 Å². The predicted octanol–water partition coefficient (Wildman–Crippen LogP) is 3.93. The number of nitrogens with zero attached hydrogens (tertiary/aromatic N) is 1. The van der Waals surface area contributed by atoms with Crippen LogP contribution >= 0.6 is 23.2 Å². The van der Waals surface area contributed by atoms with Crippen LogP contribution in [0.1, 0.15) is 18.9 Å². The van der Waals surface area contributed by atoms with Gasteiger partial charge in [0.25, 0.3) is 0 Å². The molecule has 16 heavy (non-hydrogen) atoms. The zero-order chi connectivity index (χ0) is 12.0. The average Bonchev–Trinajstić information content (AvgIpc) is 2.28. The Hall–Kier alpha value is -0.310. The smallest absolute Gasteiger partial charge is 0.123 e. The van der Waals surface area contributed by atoms with Gasteiger partial charge in [0, 0.05) is 17.4 Å². The maximum Gasteiger partial charge on any atom is 0.123 e. The van der Waals surface area contributed by atoms with E-state index < -0.39 is 0 Å². The van der Waals surface area contributed by atoms with Crippen molar-refractivity contribution in [1.29, 1.82) is 0 Å². The van der Waals surface area contributed by atoms with Gasteiger partial charge in [0.1, 0.15) is 5.82 Å². The van der Waals surface area contributed by atoms with E-state index in [0.717, 1.165) is 25.1 Å². The summed E-state index contributed by atoms with van der Waals surface area (Å²) in [7, 11) is 0. The van der Waals surface area contributed by atoms with E-state index in [1.807, 2.05) is 0 Å². The Kier molecular flexibility index (Phi) is 6.10. The summed E-state index contributed by atoms with van der Waals surface area (Å²) in [5.41, 5.74) is 0.832. The summed E-state index contributed by atoms with van der Waals surface area (Å²) in [6.07, 6.45) is 0.933. The standard InChI is InChI=1S/C12H16Cl2FN/c1-2-16(7-3-6-13)9-10-8-11(15)4-5-12(10)14/h4-5,8H,2-3,6-7,9H2,1H3. The number of hydrogen-bond donors (Lipinski definition) is 0. The van der Waals surface area contributed by atoms with Crippen molar-refractivity contribution in [2.45, 2.75) is 19.9 Å². The molecule has 0 atom stereocenters. The van der Waals surface area contributed by atoms with E-state index in [9.17, 15) is 4.39 Å². The topological polar surface area (TPSA) is 3.24 Å². The van der Waals surface area contributed by atoms with Crippen LogP contribution < -0.4 is 0 Å². The van der Waals surface area contributed by atoms with Gasteiger partial charge >= 0.3 is 0 Å². The van der Waals surface area contributed by atoms with E-state index in [-0.39, 0.29) is 5.82 Å². The summed E-state index contributed by atoms with van der Waals surface area (Å²) >= 11 is 11.7. The largest absolute Gasteiger partial charge is 0.299 e. The predicted molar refractivity (Wildman–Crippen MR) is 67.7 cm³/mol. The van der Waals surface area contributed by atoms with Crippen molar-refractivity contribution < 1.29 is 4.39 Å². The van der Waals surface area contributed by atoms with E-state index in [4.69, 9.17) is 23.2 Å². The Morgan fingerprint density at radius 2 is 2.12 bits per heavy atom. The number of hydrogen-bond acceptors (Lipinski definition) is 1. The lowest BCUT2D eigenvalue weighted by atomic mass is 10.2. The molecule has 1 nitrogen and oxygen atoms in total. The fourth-order valence-corrected chi connectivity index (χ4v) is 1.83. The number of alkyl halides is 1. The highest BCUT2D eigenvalue weighted by Gasteiger charge is 2.07. The van der Waals surface area contributed by atoms with E-state index in [1.165, 1.54) is 12.1 Å². The fourth-order valence-electron chi connectivity index (χ4n) is 1.54. The monoisotopic (exact) mass is 263 g/mol. The highest BCUT2D eigenvalue weighted by atomic mass is 35.5. The molecule has 0 N–H and O–H groups in total. The molecular formula is C12H16Cl2FN. The van der Waals surface area contributed by atoms with Crippen LogP contribution in [0, 0.1) is 5.82 Å². The van der Waals surface area contributed by atoms with Gasteiger partial charge in [-0.05, 0) is 43.3 Å². The molecule has 0 aliphatic rings. The van der Waals surface area contributed by atoms with Crippen molar-refractivity contribution in [2.75, 3.05) is 19.0 Å². The average molecular weight is 264 g/mol. The molecular weight excluding hydrogens is 248 g/mol. The highest BCUT2D eigenvalue weighted by molar-refractivity contribution is 6.31. The number of halogens is 3. The third-order valence-electron chi connectivity index (χ3n) is 2.46. The SMILES string of the molecule is CCN(CCCCl)Cc1cc(F)ccc1Cl. The van der Waals surface area contributed by atoms with Crippen molar-refractivity contribution in [2.24, 2.45) is 0 Å². The van der Waals surface area contributed by atoms with Crippen molar-refractivity contribution in [1.82, 2.24) is 4.90 Å². The molecule has 0 saturated carbocycles. The molecule has 0 amide bonds. The number of rotatable bonds is 6. The highest BCUT2D eigenvalue weighted by Crippen LogP contribution is 2.18. The van der Waals surface area contributed by atoms with Crippen LogP contribution in [-0.4, -0.2) is 23.9 Å². The van der Waals surface area contributed by atoms with Crippen molar-refractivity contribution in [3.8, 4) is 0 Å². The molecule has 0 saturated heterocycles. The number of benzene rings is 1. The molecule has 90 valence electrons. The first kappa shape index (κ1) is 13.8. The quantitative estimate of drug-likeness (QED) is 0.704. The van der Waals surface area contributed by atoms with Crippen LogP contribution in [0.15, 0.2) is 18.2 Å². The Morgan fingerprint density at radius 3 is 2.75 bits per heavy atom. The molecule has 0 fully saturated rings. The summed E-state index contributed by atoms with van der Waals surface area (Å²) in [5.74, 6) is 0.403. The minimum absolute atomic E-state index is 0.243. The molecule has 1 rings (SSSR count). The van der Waals surface area contributed by atoms with E-state index >= 15 is 0 Å². The summed E-state index contributed by atoms with van der Waals surface area (Å²) in [5, 5.41) is 0.616. The summed E-state index contributed by atoms with van der Waals surface area (Å²) in [6, 6.07) is 4.47. The van der Waals surface area contributed by atoms with Crippen LogP contribution in [0.2, 0.25) is 5.02 Å². The Bertz CT molecular complexity index is 331. The maximum absolute atomic E-state index is 13.1. The van der Waals surface area contributed by atoms with Gasteiger partial charge in [-0.15, -0.1) is 11.6 Å². The van der Waals surface area contributed by atoms with Gasteiger partial charge in [0.15, 0.2) is 0 Å². The van der Waals surface area contributed by atoms with Gasteiger partial charge in [-0.3, -0.25) is 4.90 Å². The van der Waals surface area contributed by atoms with Crippen molar-refractivity contribution in [3.63, 3.8) is 0 Å². The molecule has 4 heteroatoms. The molecule has 1 aromatic rings. The first-order chi connectivity index (χ1) is 7.67. The normalized spacial score (nSPS) is 11.1. The van der Waals surface area contributed by atoms with Gasteiger partial charge in [-0.25, -0.2) is 4.39 Å². The first-order valence-electron chi connectivity index (χ1n) is 5.39. The molecule has 0 bridgehead atoms. The Balaban J connectivity index is 2.65. The lowest BCUT2D eigenvalue weighted by molar-refractivity contribution is 0.281. The minimum atomic E-state index is -0.243. The van der Waals surface area contributed by atoms with Gasteiger partial charge in [-0.1, -0.05) is 18.5 Å². The second kappa shape index (κ2) is 7.10. The molecule has 0 heterocycles. The molecule has 1 aromatic carbocycles. The zero-order valence-corrected chi connectivity index (χ0v) is 10.9. The third-order valence-corrected chi connectivity index (χ3v) is 3.09. The van der Waals surface area contributed by atoms with Gasteiger partial charge in [0.2, 0.25) is 0 Å². The third kappa shape index (κ3) is 4.28. The molecule has 0 radical (unpaired) electrons. The van der Waals surface area contributed by atoms with Gasteiger partial charge < -0.3 is 0 Å². The van der Waals surface area contributed by atoms with E-state index in [2.05, 4.69) is 11.8 Å².